The third-order valence-electron chi connectivity index (χ3n) is 3.97. The fourth-order valence-electron chi connectivity index (χ4n) is 2.79. The lowest BCUT2D eigenvalue weighted by molar-refractivity contribution is 0.0899. The van der Waals surface area contributed by atoms with Crippen LogP contribution < -0.4 is 10.2 Å². The Morgan fingerprint density at radius 3 is 2.71 bits per heavy atom. The lowest BCUT2D eigenvalue weighted by Crippen LogP contribution is -2.30. The van der Waals surface area contributed by atoms with Crippen molar-refractivity contribution in [3.63, 3.8) is 0 Å². The van der Waals surface area contributed by atoms with Crippen molar-refractivity contribution in [2.45, 2.75) is 45.6 Å². The molecule has 1 aliphatic rings. The Morgan fingerprint density at radius 1 is 1.25 bits per heavy atom. The molecule has 0 radical (unpaired) electrons. The van der Waals surface area contributed by atoms with Crippen LogP contribution in [0.4, 0.5) is 5.82 Å². The maximum absolute atomic E-state index is 11.9. The highest BCUT2D eigenvalue weighted by molar-refractivity contribution is 5.90. The molecule has 0 aliphatic carbocycles. The molecule has 24 heavy (non-hydrogen) atoms. The number of nitrogens with one attached hydrogen (secondary N) is 1. The summed E-state index contributed by atoms with van der Waals surface area (Å²) >= 11 is 0. The molecule has 3 heterocycles. The number of aromatic nitrogens is 3. The number of carbonyl (C=O) groups excluding carboxylic acids is 1. The second-order valence-electron chi connectivity index (χ2n) is 6.36. The van der Waals surface area contributed by atoms with Gasteiger partial charge in [0, 0.05) is 30.9 Å². The van der Waals surface area contributed by atoms with E-state index >= 15 is 0 Å². The minimum Gasteiger partial charge on any atom is -0.357 e. The molecule has 0 bridgehead atoms. The van der Waals surface area contributed by atoms with Gasteiger partial charge in [0.2, 0.25) is 5.82 Å². The SMILES string of the molecule is CC(C)NC(=O)c1nc(-c2ccnc(N3CCCCCC3)c2)no1. The fourth-order valence-corrected chi connectivity index (χ4v) is 2.79. The number of hydrogen-bond donors (Lipinski definition) is 1. The Kier molecular flexibility index (Phi) is 5.08. The van der Waals surface area contributed by atoms with E-state index in [2.05, 4.69) is 25.3 Å². The number of pyridine rings is 1. The van der Waals surface area contributed by atoms with Gasteiger partial charge in [0.05, 0.1) is 0 Å². The third-order valence-corrected chi connectivity index (χ3v) is 3.97. The van der Waals surface area contributed by atoms with Gasteiger partial charge in [-0.2, -0.15) is 4.98 Å². The molecule has 1 fully saturated rings. The molecule has 2 aromatic rings. The average molecular weight is 329 g/mol. The first-order valence-corrected chi connectivity index (χ1v) is 8.49. The predicted octanol–water partition coefficient (Wildman–Crippen LogP) is 2.65. The van der Waals surface area contributed by atoms with Crippen LogP contribution in [0, 0.1) is 0 Å². The molecule has 0 aromatic carbocycles. The lowest BCUT2D eigenvalue weighted by atomic mass is 10.2. The molecule has 7 nitrogen and oxygen atoms in total. The molecule has 0 spiro atoms. The van der Waals surface area contributed by atoms with Gasteiger partial charge >= 0.3 is 11.8 Å². The standard InChI is InChI=1S/C17H23N5O2/c1-12(2)19-16(23)17-20-15(21-24-17)13-7-8-18-14(11-13)22-9-5-3-4-6-10-22/h7-8,11-12H,3-6,9-10H2,1-2H3,(H,19,23). The van der Waals surface area contributed by atoms with Crippen LogP contribution >= 0.6 is 0 Å². The van der Waals surface area contributed by atoms with Crippen LogP contribution in [0.1, 0.15) is 50.2 Å². The van der Waals surface area contributed by atoms with Crippen molar-refractivity contribution in [1.82, 2.24) is 20.4 Å². The largest absolute Gasteiger partial charge is 0.357 e. The average Bonchev–Trinajstić information content (AvgIpc) is 2.90. The van der Waals surface area contributed by atoms with Gasteiger partial charge in [-0.25, -0.2) is 4.98 Å². The number of carbonyl (C=O) groups is 1. The summed E-state index contributed by atoms with van der Waals surface area (Å²) in [5.74, 6) is 0.951. The highest BCUT2D eigenvalue weighted by Gasteiger charge is 2.18. The van der Waals surface area contributed by atoms with E-state index in [1.54, 1.807) is 6.20 Å². The molecule has 2 aromatic heterocycles. The Morgan fingerprint density at radius 2 is 2.00 bits per heavy atom. The molecule has 0 atom stereocenters. The van der Waals surface area contributed by atoms with Crippen LogP contribution in [0.25, 0.3) is 11.4 Å². The summed E-state index contributed by atoms with van der Waals surface area (Å²) < 4.78 is 5.08. The fraction of sp³-hybridized carbons (Fsp3) is 0.529. The zero-order valence-corrected chi connectivity index (χ0v) is 14.2. The van der Waals surface area contributed by atoms with Crippen molar-refractivity contribution >= 4 is 11.7 Å². The summed E-state index contributed by atoms with van der Waals surface area (Å²) in [7, 11) is 0. The molecule has 3 rings (SSSR count). The maximum Gasteiger partial charge on any atom is 0.316 e. The van der Waals surface area contributed by atoms with E-state index in [0.29, 0.717) is 5.82 Å². The summed E-state index contributed by atoms with van der Waals surface area (Å²) in [6.07, 6.45) is 6.67. The van der Waals surface area contributed by atoms with Crippen molar-refractivity contribution in [2.75, 3.05) is 18.0 Å². The van der Waals surface area contributed by atoms with Crippen LogP contribution in [-0.2, 0) is 0 Å². The zero-order chi connectivity index (χ0) is 16.9. The number of amides is 1. The quantitative estimate of drug-likeness (QED) is 0.928. The molecular formula is C17H23N5O2. The monoisotopic (exact) mass is 329 g/mol. The van der Waals surface area contributed by atoms with Gasteiger partial charge in [-0.05, 0) is 38.8 Å². The van der Waals surface area contributed by atoms with Crippen molar-refractivity contribution in [1.29, 1.82) is 0 Å². The number of hydrogen-bond acceptors (Lipinski definition) is 6. The van der Waals surface area contributed by atoms with Gasteiger partial charge < -0.3 is 14.7 Å². The Hall–Kier alpha value is -2.44. The van der Waals surface area contributed by atoms with Crippen molar-refractivity contribution in [3.8, 4) is 11.4 Å². The van der Waals surface area contributed by atoms with E-state index in [4.69, 9.17) is 4.52 Å². The van der Waals surface area contributed by atoms with Gasteiger partial charge in [-0.3, -0.25) is 4.79 Å². The number of anilines is 1. The van der Waals surface area contributed by atoms with Crippen molar-refractivity contribution in [2.24, 2.45) is 0 Å². The van der Waals surface area contributed by atoms with Gasteiger partial charge in [0.15, 0.2) is 0 Å². The second kappa shape index (κ2) is 7.42. The highest BCUT2D eigenvalue weighted by atomic mass is 16.5. The van der Waals surface area contributed by atoms with Gasteiger partial charge in [0.25, 0.3) is 0 Å². The Labute approximate surface area is 141 Å². The first kappa shape index (κ1) is 16.4. The lowest BCUT2D eigenvalue weighted by Gasteiger charge is -2.21. The van der Waals surface area contributed by atoms with Gasteiger partial charge in [-0.1, -0.05) is 18.0 Å². The van der Waals surface area contributed by atoms with Crippen molar-refractivity contribution < 1.29 is 9.32 Å². The van der Waals surface area contributed by atoms with E-state index in [9.17, 15) is 4.79 Å². The second-order valence-corrected chi connectivity index (χ2v) is 6.36. The smallest absolute Gasteiger partial charge is 0.316 e. The molecule has 1 aliphatic heterocycles. The topological polar surface area (TPSA) is 84.2 Å². The normalized spacial score (nSPS) is 15.4. The Balaban J connectivity index is 1.79. The molecule has 0 unspecified atom stereocenters. The summed E-state index contributed by atoms with van der Waals surface area (Å²) in [6.45, 7) is 5.80. The summed E-state index contributed by atoms with van der Waals surface area (Å²) in [6, 6.07) is 3.81. The first-order valence-electron chi connectivity index (χ1n) is 8.49. The highest BCUT2D eigenvalue weighted by Crippen LogP contribution is 2.23. The minimum absolute atomic E-state index is 0.0171. The molecular weight excluding hydrogens is 306 g/mol. The Bertz CT molecular complexity index is 690. The molecule has 0 saturated carbocycles. The van der Waals surface area contributed by atoms with E-state index in [-0.39, 0.29) is 17.8 Å². The van der Waals surface area contributed by atoms with Crippen LogP contribution in [-0.4, -0.2) is 40.2 Å². The number of nitrogens with zero attached hydrogens (tertiary/aromatic N) is 4. The summed E-state index contributed by atoms with van der Waals surface area (Å²) in [4.78, 5) is 22.9. The third kappa shape index (κ3) is 3.90. The van der Waals surface area contributed by atoms with Crippen LogP contribution in [0.3, 0.4) is 0 Å². The predicted molar refractivity (Wildman–Crippen MR) is 90.8 cm³/mol. The molecule has 1 saturated heterocycles. The number of rotatable bonds is 4. The molecule has 1 amide bonds. The summed E-state index contributed by atoms with van der Waals surface area (Å²) in [5, 5.41) is 6.66. The molecule has 1 N–H and O–H groups in total. The van der Waals surface area contributed by atoms with E-state index in [0.717, 1.165) is 24.5 Å². The van der Waals surface area contributed by atoms with Crippen LogP contribution in [0.5, 0.6) is 0 Å². The van der Waals surface area contributed by atoms with Gasteiger partial charge in [0.1, 0.15) is 5.82 Å². The minimum atomic E-state index is -0.356. The first-order chi connectivity index (χ1) is 11.6. The van der Waals surface area contributed by atoms with Crippen LogP contribution in [0.2, 0.25) is 0 Å². The van der Waals surface area contributed by atoms with E-state index in [1.807, 2.05) is 26.0 Å². The van der Waals surface area contributed by atoms with E-state index < -0.39 is 0 Å². The molecule has 7 heteroatoms. The van der Waals surface area contributed by atoms with Gasteiger partial charge in [-0.15, -0.1) is 0 Å². The zero-order valence-electron chi connectivity index (χ0n) is 14.2. The molecule has 128 valence electrons. The maximum atomic E-state index is 11.9. The van der Waals surface area contributed by atoms with E-state index in [1.165, 1.54) is 25.7 Å². The van der Waals surface area contributed by atoms with Crippen LogP contribution in [0.15, 0.2) is 22.9 Å². The summed E-state index contributed by atoms with van der Waals surface area (Å²) in [5.41, 5.74) is 0.802. The van der Waals surface area contributed by atoms with Crippen molar-refractivity contribution in [3.05, 3.63) is 24.2 Å².